The molecule has 0 unspecified atom stereocenters. The topological polar surface area (TPSA) is 105 Å². The van der Waals surface area contributed by atoms with Crippen molar-refractivity contribution in [2.75, 3.05) is 19.5 Å². The molecule has 0 radical (unpaired) electrons. The molecular formula is C31H26F2N4O5. The van der Waals surface area contributed by atoms with Crippen molar-refractivity contribution in [3.8, 4) is 34.3 Å². The number of hydrogen-bond acceptors (Lipinski definition) is 7. The average Bonchev–Trinajstić information content (AvgIpc) is 2.98. The number of benzene rings is 2. The second-order valence-corrected chi connectivity index (χ2v) is 9.54. The van der Waals surface area contributed by atoms with Crippen LogP contribution in [0.3, 0.4) is 0 Å². The van der Waals surface area contributed by atoms with Gasteiger partial charge in [-0.1, -0.05) is 12.1 Å². The van der Waals surface area contributed by atoms with Crippen LogP contribution in [0, 0.1) is 11.6 Å². The second kappa shape index (κ2) is 11.7. The molecule has 2 aromatic carbocycles. The number of carbonyl (C=O) groups excluding carboxylic acids is 1. The minimum atomic E-state index is -0.766. The minimum Gasteiger partial charge on any atom is -0.491 e. The smallest absolute Gasteiger partial charge is 0.261 e. The van der Waals surface area contributed by atoms with Gasteiger partial charge in [-0.15, -0.1) is 0 Å². The van der Waals surface area contributed by atoms with E-state index < -0.39 is 23.0 Å². The number of methoxy groups -OCH3 is 2. The summed E-state index contributed by atoms with van der Waals surface area (Å²) in [5.74, 6) is -1.25. The van der Waals surface area contributed by atoms with Crippen molar-refractivity contribution < 1.29 is 27.8 Å². The number of rotatable bonds is 8. The lowest BCUT2D eigenvalue weighted by molar-refractivity contribution is 0.102. The van der Waals surface area contributed by atoms with E-state index in [0.29, 0.717) is 22.3 Å². The van der Waals surface area contributed by atoms with Gasteiger partial charge in [-0.3, -0.25) is 14.6 Å². The number of halogens is 2. The van der Waals surface area contributed by atoms with Gasteiger partial charge in [0, 0.05) is 54.1 Å². The Morgan fingerprint density at radius 2 is 1.69 bits per heavy atom. The zero-order chi connectivity index (χ0) is 30.0. The van der Waals surface area contributed by atoms with E-state index in [1.807, 2.05) is 13.8 Å². The van der Waals surface area contributed by atoms with Crippen molar-refractivity contribution in [3.05, 3.63) is 101 Å². The third-order valence-electron chi connectivity index (χ3n) is 6.47. The maximum atomic E-state index is 15.2. The molecule has 0 atom stereocenters. The standard InChI is InChI=1S/C31H26F2N4O5/c1-17(2)37-15-21(18-5-7-19(32)8-6-18)29(38)22(16-37)30(39)35-20-9-10-25(23(33)13-20)42-26-11-12-34-24-14-27(40-3)31(41-4)36-28(24)26/h5-17H,1-4H3,(H,35,39). The summed E-state index contributed by atoms with van der Waals surface area (Å²) in [6.07, 6.45) is 4.54. The van der Waals surface area contributed by atoms with E-state index in [1.54, 1.807) is 16.8 Å². The summed E-state index contributed by atoms with van der Waals surface area (Å²) in [4.78, 5) is 35.1. The van der Waals surface area contributed by atoms with Crippen molar-refractivity contribution in [3.63, 3.8) is 0 Å². The van der Waals surface area contributed by atoms with Gasteiger partial charge in [-0.2, -0.15) is 0 Å². The zero-order valence-electron chi connectivity index (χ0n) is 23.1. The molecule has 1 amide bonds. The number of hydrogen-bond donors (Lipinski definition) is 1. The first-order chi connectivity index (χ1) is 20.2. The van der Waals surface area contributed by atoms with E-state index in [1.165, 1.54) is 69.1 Å². The summed E-state index contributed by atoms with van der Waals surface area (Å²) in [5.41, 5.74) is 0.895. The van der Waals surface area contributed by atoms with E-state index >= 15 is 4.39 Å². The largest absolute Gasteiger partial charge is 0.491 e. The molecule has 42 heavy (non-hydrogen) atoms. The number of anilines is 1. The Labute approximate surface area is 239 Å². The molecule has 0 spiro atoms. The second-order valence-electron chi connectivity index (χ2n) is 9.54. The lowest BCUT2D eigenvalue weighted by atomic mass is 10.0. The van der Waals surface area contributed by atoms with Crippen LogP contribution in [0.25, 0.3) is 22.2 Å². The molecule has 9 nitrogen and oxygen atoms in total. The van der Waals surface area contributed by atoms with Crippen LogP contribution >= 0.6 is 0 Å². The van der Waals surface area contributed by atoms with E-state index in [9.17, 15) is 14.0 Å². The van der Waals surface area contributed by atoms with Crippen molar-refractivity contribution in [2.45, 2.75) is 19.9 Å². The van der Waals surface area contributed by atoms with Gasteiger partial charge in [-0.05, 0) is 43.7 Å². The van der Waals surface area contributed by atoms with Crippen LogP contribution < -0.4 is 25.0 Å². The van der Waals surface area contributed by atoms with Crippen LogP contribution in [0.2, 0.25) is 0 Å². The lowest BCUT2D eigenvalue weighted by Gasteiger charge is -2.16. The Morgan fingerprint density at radius 3 is 2.36 bits per heavy atom. The SMILES string of the molecule is COc1cc2nccc(Oc3ccc(NC(=O)c4cn(C(C)C)cc(-c5ccc(F)cc5)c4=O)cc3F)c2nc1OC. The highest BCUT2D eigenvalue weighted by Crippen LogP contribution is 2.35. The van der Waals surface area contributed by atoms with Crippen LogP contribution in [-0.2, 0) is 0 Å². The number of ether oxygens (including phenoxy) is 3. The number of nitrogens with zero attached hydrogens (tertiary/aromatic N) is 3. The van der Waals surface area contributed by atoms with E-state index in [4.69, 9.17) is 14.2 Å². The van der Waals surface area contributed by atoms with E-state index in [2.05, 4.69) is 15.3 Å². The van der Waals surface area contributed by atoms with Gasteiger partial charge in [0.2, 0.25) is 5.43 Å². The van der Waals surface area contributed by atoms with E-state index in [-0.39, 0.29) is 40.2 Å². The first kappa shape index (κ1) is 28.2. The molecule has 11 heteroatoms. The first-order valence-electron chi connectivity index (χ1n) is 12.9. The molecule has 0 fully saturated rings. The molecule has 0 saturated carbocycles. The quantitative estimate of drug-likeness (QED) is 0.230. The maximum absolute atomic E-state index is 15.2. The average molecular weight is 573 g/mol. The third-order valence-corrected chi connectivity index (χ3v) is 6.47. The number of amides is 1. The van der Waals surface area contributed by atoms with Gasteiger partial charge >= 0.3 is 0 Å². The monoisotopic (exact) mass is 572 g/mol. The molecule has 0 aliphatic carbocycles. The van der Waals surface area contributed by atoms with Crippen LogP contribution in [-0.4, -0.2) is 34.7 Å². The third kappa shape index (κ3) is 5.62. The van der Waals surface area contributed by atoms with Crippen molar-refractivity contribution in [1.82, 2.24) is 14.5 Å². The number of nitrogens with one attached hydrogen (secondary N) is 1. The first-order valence-corrected chi connectivity index (χ1v) is 12.9. The summed E-state index contributed by atoms with van der Waals surface area (Å²) in [6.45, 7) is 3.78. The minimum absolute atomic E-state index is 0.0787. The van der Waals surface area contributed by atoms with Crippen molar-refractivity contribution in [2.24, 2.45) is 0 Å². The zero-order valence-corrected chi connectivity index (χ0v) is 23.1. The highest BCUT2D eigenvalue weighted by Gasteiger charge is 2.19. The van der Waals surface area contributed by atoms with Crippen LogP contribution in [0.15, 0.2) is 78.0 Å². The Kier molecular flexibility index (Phi) is 7.83. The summed E-state index contributed by atoms with van der Waals surface area (Å²) >= 11 is 0. The number of fused-ring (bicyclic) bond motifs is 1. The number of pyridine rings is 3. The Bertz CT molecular complexity index is 1860. The Hall–Kier alpha value is -5.32. The van der Waals surface area contributed by atoms with Crippen LogP contribution in [0.1, 0.15) is 30.2 Å². The van der Waals surface area contributed by atoms with Gasteiger partial charge in [-0.25, -0.2) is 13.8 Å². The molecule has 214 valence electrons. The fraction of sp³-hybridized carbons (Fsp3) is 0.161. The lowest BCUT2D eigenvalue weighted by Crippen LogP contribution is -2.25. The summed E-state index contributed by atoms with van der Waals surface area (Å²) < 4.78 is 46.7. The molecule has 5 rings (SSSR count). The molecule has 0 aliphatic heterocycles. The maximum Gasteiger partial charge on any atom is 0.261 e. The van der Waals surface area contributed by atoms with Crippen LogP contribution in [0.4, 0.5) is 14.5 Å². The molecule has 3 aromatic heterocycles. The van der Waals surface area contributed by atoms with Gasteiger partial charge in [0.1, 0.15) is 16.9 Å². The Balaban J connectivity index is 1.43. The highest BCUT2D eigenvalue weighted by atomic mass is 19.1. The molecule has 0 saturated heterocycles. The predicted molar refractivity (Wildman–Crippen MR) is 154 cm³/mol. The van der Waals surface area contributed by atoms with E-state index in [0.717, 1.165) is 6.07 Å². The number of aromatic nitrogens is 3. The predicted octanol–water partition coefficient (Wildman–Crippen LogP) is 6.38. The number of carbonyl (C=O) groups is 1. The van der Waals surface area contributed by atoms with Gasteiger partial charge < -0.3 is 24.1 Å². The molecule has 0 aliphatic rings. The molecule has 3 heterocycles. The fourth-order valence-electron chi connectivity index (χ4n) is 4.26. The fourth-order valence-corrected chi connectivity index (χ4v) is 4.26. The molecule has 5 aromatic rings. The Morgan fingerprint density at radius 1 is 0.929 bits per heavy atom. The summed E-state index contributed by atoms with van der Waals surface area (Å²) in [7, 11) is 2.92. The molecule has 1 N–H and O–H groups in total. The summed E-state index contributed by atoms with van der Waals surface area (Å²) in [5, 5.41) is 2.58. The molecule has 0 bridgehead atoms. The summed E-state index contributed by atoms with van der Waals surface area (Å²) in [6, 6.07) is 12.4. The van der Waals surface area contributed by atoms with Crippen molar-refractivity contribution >= 4 is 22.6 Å². The van der Waals surface area contributed by atoms with Crippen LogP contribution in [0.5, 0.6) is 23.1 Å². The van der Waals surface area contributed by atoms with Gasteiger partial charge in [0.25, 0.3) is 11.8 Å². The van der Waals surface area contributed by atoms with Crippen molar-refractivity contribution in [1.29, 1.82) is 0 Å². The van der Waals surface area contributed by atoms with Gasteiger partial charge in [0.15, 0.2) is 23.1 Å². The highest BCUT2D eigenvalue weighted by molar-refractivity contribution is 6.04. The van der Waals surface area contributed by atoms with Gasteiger partial charge in [0.05, 0.1) is 19.7 Å². The normalized spacial score (nSPS) is 11.0. The molecular weight excluding hydrogens is 546 g/mol.